The number of fused-ring (bicyclic) bond motifs is 1. The monoisotopic (exact) mass is 320 g/mol. The standard InChI is InChI=1S/C21H20O3/c1-15(21(22)23-2)16-10-12-19(13-11-16)24-14-18-8-5-7-17-6-3-4-9-20(17)18/h3-13,15H,14H2,1-2H3. The van der Waals surface area contributed by atoms with Crippen molar-refractivity contribution in [3.63, 3.8) is 0 Å². The average Bonchev–Trinajstić information content (AvgIpc) is 2.65. The van der Waals surface area contributed by atoms with E-state index in [-0.39, 0.29) is 11.9 Å². The van der Waals surface area contributed by atoms with Gasteiger partial charge in [-0.2, -0.15) is 0 Å². The third-order valence-electron chi connectivity index (χ3n) is 4.21. The maximum atomic E-state index is 11.6. The van der Waals surface area contributed by atoms with Gasteiger partial charge in [-0.05, 0) is 41.0 Å². The Morgan fingerprint density at radius 2 is 1.67 bits per heavy atom. The van der Waals surface area contributed by atoms with Crippen LogP contribution < -0.4 is 4.74 Å². The summed E-state index contributed by atoms with van der Waals surface area (Å²) in [7, 11) is 1.40. The average molecular weight is 320 g/mol. The summed E-state index contributed by atoms with van der Waals surface area (Å²) in [6.07, 6.45) is 0. The Balaban J connectivity index is 1.71. The molecule has 122 valence electrons. The zero-order chi connectivity index (χ0) is 16.9. The molecular formula is C21H20O3. The first kappa shape index (κ1) is 16.1. The first-order valence-corrected chi connectivity index (χ1v) is 7.96. The van der Waals surface area contributed by atoms with Gasteiger partial charge in [-0.25, -0.2) is 0 Å². The largest absolute Gasteiger partial charge is 0.489 e. The van der Waals surface area contributed by atoms with Crippen LogP contribution in [0.25, 0.3) is 10.8 Å². The molecule has 0 heterocycles. The molecule has 0 amide bonds. The van der Waals surface area contributed by atoms with Crippen LogP contribution in [0.3, 0.4) is 0 Å². The lowest BCUT2D eigenvalue weighted by molar-refractivity contribution is -0.141. The van der Waals surface area contributed by atoms with Crippen LogP contribution in [0.15, 0.2) is 66.7 Å². The van der Waals surface area contributed by atoms with Crippen molar-refractivity contribution in [2.75, 3.05) is 7.11 Å². The van der Waals surface area contributed by atoms with E-state index in [2.05, 4.69) is 24.3 Å². The van der Waals surface area contributed by atoms with Crippen LogP contribution >= 0.6 is 0 Å². The zero-order valence-corrected chi connectivity index (χ0v) is 13.9. The van der Waals surface area contributed by atoms with Crippen molar-refractivity contribution in [3.05, 3.63) is 77.9 Å². The van der Waals surface area contributed by atoms with E-state index in [4.69, 9.17) is 9.47 Å². The molecule has 0 N–H and O–H groups in total. The lowest BCUT2D eigenvalue weighted by Gasteiger charge is -2.12. The number of carbonyl (C=O) groups is 1. The summed E-state index contributed by atoms with van der Waals surface area (Å²) in [6.45, 7) is 2.34. The quantitative estimate of drug-likeness (QED) is 0.639. The highest BCUT2D eigenvalue weighted by atomic mass is 16.5. The first-order chi connectivity index (χ1) is 11.7. The second-order valence-electron chi connectivity index (χ2n) is 5.74. The number of hydrogen-bond acceptors (Lipinski definition) is 3. The summed E-state index contributed by atoms with van der Waals surface area (Å²) < 4.78 is 10.7. The third-order valence-corrected chi connectivity index (χ3v) is 4.21. The summed E-state index contributed by atoms with van der Waals surface area (Å²) in [6, 6.07) is 22.1. The Kier molecular flexibility index (Phi) is 4.80. The summed E-state index contributed by atoms with van der Waals surface area (Å²) in [5.41, 5.74) is 2.07. The van der Waals surface area contributed by atoms with Crippen molar-refractivity contribution < 1.29 is 14.3 Å². The summed E-state index contributed by atoms with van der Waals surface area (Å²) in [5.74, 6) is 0.269. The fourth-order valence-corrected chi connectivity index (χ4v) is 2.75. The molecule has 0 aliphatic carbocycles. The SMILES string of the molecule is COC(=O)C(C)c1ccc(OCc2cccc3ccccc23)cc1. The maximum Gasteiger partial charge on any atom is 0.312 e. The van der Waals surface area contributed by atoms with Gasteiger partial charge >= 0.3 is 5.97 Å². The highest BCUT2D eigenvalue weighted by Crippen LogP contribution is 2.23. The van der Waals surface area contributed by atoms with Gasteiger partial charge in [-0.15, -0.1) is 0 Å². The summed E-state index contributed by atoms with van der Waals surface area (Å²) in [5, 5.41) is 2.41. The number of methoxy groups -OCH3 is 1. The fourth-order valence-electron chi connectivity index (χ4n) is 2.75. The van der Waals surface area contributed by atoms with Gasteiger partial charge in [0.05, 0.1) is 13.0 Å². The van der Waals surface area contributed by atoms with Crippen LogP contribution in [0.5, 0.6) is 5.75 Å². The van der Waals surface area contributed by atoms with Gasteiger partial charge in [0.2, 0.25) is 0 Å². The van der Waals surface area contributed by atoms with E-state index in [1.807, 2.05) is 49.4 Å². The van der Waals surface area contributed by atoms with E-state index in [0.29, 0.717) is 6.61 Å². The molecule has 0 spiro atoms. The Labute approximate surface area is 141 Å². The lowest BCUT2D eigenvalue weighted by Crippen LogP contribution is -2.10. The van der Waals surface area contributed by atoms with Crippen LogP contribution in [0, 0.1) is 0 Å². The highest BCUT2D eigenvalue weighted by Gasteiger charge is 2.15. The third kappa shape index (κ3) is 3.40. The minimum Gasteiger partial charge on any atom is -0.489 e. The minimum atomic E-state index is -0.276. The van der Waals surface area contributed by atoms with E-state index >= 15 is 0 Å². The molecule has 3 nitrogen and oxygen atoms in total. The second-order valence-corrected chi connectivity index (χ2v) is 5.74. The maximum absolute atomic E-state index is 11.6. The molecule has 0 fully saturated rings. The second kappa shape index (κ2) is 7.18. The minimum absolute atomic E-state index is 0.237. The van der Waals surface area contributed by atoms with Crippen LogP contribution in [-0.4, -0.2) is 13.1 Å². The predicted molar refractivity (Wildman–Crippen MR) is 95.2 cm³/mol. The predicted octanol–water partition coefficient (Wildman–Crippen LogP) is 4.70. The molecule has 3 aromatic rings. The molecule has 1 unspecified atom stereocenters. The van der Waals surface area contributed by atoms with E-state index in [1.54, 1.807) is 0 Å². The van der Waals surface area contributed by atoms with Crippen LogP contribution in [0.4, 0.5) is 0 Å². The number of ether oxygens (including phenoxy) is 2. The van der Waals surface area contributed by atoms with Crippen molar-refractivity contribution in [2.45, 2.75) is 19.4 Å². The Bertz CT molecular complexity index is 832. The Hall–Kier alpha value is -2.81. The van der Waals surface area contributed by atoms with Gasteiger partial charge in [0.25, 0.3) is 0 Å². The van der Waals surface area contributed by atoms with E-state index in [9.17, 15) is 4.79 Å². The Morgan fingerprint density at radius 3 is 2.42 bits per heavy atom. The number of esters is 1. The number of carbonyl (C=O) groups excluding carboxylic acids is 1. The molecule has 0 aliphatic heterocycles. The van der Waals surface area contributed by atoms with Gasteiger partial charge in [0, 0.05) is 0 Å². The van der Waals surface area contributed by atoms with Crippen molar-refractivity contribution >= 4 is 16.7 Å². The lowest BCUT2D eigenvalue weighted by atomic mass is 10.0. The zero-order valence-electron chi connectivity index (χ0n) is 13.9. The highest BCUT2D eigenvalue weighted by molar-refractivity contribution is 5.85. The molecule has 0 saturated carbocycles. The molecule has 3 heteroatoms. The number of benzene rings is 3. The Morgan fingerprint density at radius 1 is 0.958 bits per heavy atom. The number of rotatable bonds is 5. The molecule has 24 heavy (non-hydrogen) atoms. The fraction of sp³-hybridized carbons (Fsp3) is 0.190. The van der Waals surface area contributed by atoms with Crippen LogP contribution in [-0.2, 0) is 16.1 Å². The van der Waals surface area contributed by atoms with Gasteiger partial charge in [0.15, 0.2) is 0 Å². The van der Waals surface area contributed by atoms with E-state index < -0.39 is 0 Å². The summed E-state index contributed by atoms with van der Waals surface area (Å²) >= 11 is 0. The molecule has 0 radical (unpaired) electrons. The van der Waals surface area contributed by atoms with Gasteiger partial charge < -0.3 is 9.47 Å². The van der Waals surface area contributed by atoms with Crippen molar-refractivity contribution in [1.29, 1.82) is 0 Å². The topological polar surface area (TPSA) is 35.5 Å². The molecule has 1 atom stereocenters. The van der Waals surface area contributed by atoms with Crippen molar-refractivity contribution in [1.82, 2.24) is 0 Å². The molecule has 0 saturated heterocycles. The summed E-state index contributed by atoms with van der Waals surface area (Å²) in [4.78, 5) is 11.6. The van der Waals surface area contributed by atoms with Crippen LogP contribution in [0.2, 0.25) is 0 Å². The van der Waals surface area contributed by atoms with Gasteiger partial charge in [0.1, 0.15) is 12.4 Å². The smallest absolute Gasteiger partial charge is 0.312 e. The first-order valence-electron chi connectivity index (χ1n) is 7.96. The van der Waals surface area contributed by atoms with Crippen molar-refractivity contribution in [3.8, 4) is 5.75 Å². The van der Waals surface area contributed by atoms with Gasteiger partial charge in [-0.1, -0.05) is 54.6 Å². The van der Waals surface area contributed by atoms with Crippen molar-refractivity contribution in [2.24, 2.45) is 0 Å². The number of hydrogen-bond donors (Lipinski definition) is 0. The molecular weight excluding hydrogens is 300 g/mol. The molecule has 3 aromatic carbocycles. The van der Waals surface area contributed by atoms with E-state index in [0.717, 1.165) is 16.9 Å². The molecule has 3 rings (SSSR count). The molecule has 0 bridgehead atoms. The van der Waals surface area contributed by atoms with E-state index in [1.165, 1.54) is 17.9 Å². The molecule has 0 aromatic heterocycles. The van der Waals surface area contributed by atoms with Crippen LogP contribution in [0.1, 0.15) is 24.0 Å². The normalized spacial score (nSPS) is 11.9. The van der Waals surface area contributed by atoms with Gasteiger partial charge in [-0.3, -0.25) is 4.79 Å². The molecule has 0 aliphatic rings.